The van der Waals surface area contributed by atoms with Crippen molar-refractivity contribution < 1.29 is 47.5 Å². The van der Waals surface area contributed by atoms with E-state index in [1.807, 2.05) is 91.9 Å². The third kappa shape index (κ3) is 9.54. The van der Waals surface area contributed by atoms with Crippen LogP contribution in [0.15, 0.2) is 97.1 Å². The quantitative estimate of drug-likeness (QED) is 0.130. The topological polar surface area (TPSA) is 131 Å². The number of imide groups is 1. The first-order valence-corrected chi connectivity index (χ1v) is 20.4. The highest BCUT2D eigenvalue weighted by Gasteiger charge is 2.48. The molecule has 0 radical (unpaired) electrons. The van der Waals surface area contributed by atoms with E-state index in [4.69, 9.17) is 33.2 Å². The van der Waals surface area contributed by atoms with E-state index < -0.39 is 46.7 Å². The van der Waals surface area contributed by atoms with Gasteiger partial charge in [-0.1, -0.05) is 74.0 Å². The summed E-state index contributed by atoms with van der Waals surface area (Å²) < 4.78 is 41.5. The summed E-state index contributed by atoms with van der Waals surface area (Å²) in [5.74, 6) is -0.414. The number of nitrogens with one attached hydrogen (secondary N) is 1. The average Bonchev–Trinajstić information content (AvgIpc) is 3.84. The Kier molecular flexibility index (Phi) is 11.9. The first kappa shape index (κ1) is 40.9. The van der Waals surface area contributed by atoms with Crippen LogP contribution in [0.1, 0.15) is 69.0 Å². The summed E-state index contributed by atoms with van der Waals surface area (Å²) >= 11 is 1.32. The van der Waals surface area contributed by atoms with Crippen LogP contribution in [0.4, 0.5) is 10.5 Å². The molecule has 4 aromatic rings. The Balaban J connectivity index is 1.27. The molecule has 0 saturated carbocycles. The van der Waals surface area contributed by atoms with Crippen molar-refractivity contribution >= 4 is 35.4 Å². The van der Waals surface area contributed by atoms with Crippen molar-refractivity contribution in [2.45, 2.75) is 70.3 Å². The molecule has 0 spiro atoms. The number of fused-ring (bicyclic) bond motifs is 1. The number of hydrogen-bond donors (Lipinski definition) is 1. The van der Waals surface area contributed by atoms with Gasteiger partial charge in [-0.15, -0.1) is 11.8 Å². The zero-order valence-electron chi connectivity index (χ0n) is 33.7. The molecule has 1 N–H and O–H groups in total. The molecule has 0 aliphatic carbocycles. The summed E-state index contributed by atoms with van der Waals surface area (Å²) in [6.45, 7) is 12.2. The molecule has 58 heavy (non-hydrogen) atoms. The normalized spacial score (nSPS) is 19.2. The van der Waals surface area contributed by atoms with E-state index >= 15 is 4.79 Å². The van der Waals surface area contributed by atoms with Gasteiger partial charge in [-0.05, 0) is 81.3 Å². The van der Waals surface area contributed by atoms with E-state index in [1.165, 1.54) is 16.7 Å². The summed E-state index contributed by atoms with van der Waals surface area (Å²) in [5, 5.41) is 2.68. The van der Waals surface area contributed by atoms with Crippen LogP contribution in [-0.4, -0.2) is 72.7 Å². The van der Waals surface area contributed by atoms with Gasteiger partial charge in [-0.25, -0.2) is 14.5 Å². The zero-order valence-corrected chi connectivity index (χ0v) is 34.5. The van der Waals surface area contributed by atoms with Crippen LogP contribution >= 0.6 is 11.8 Å². The van der Waals surface area contributed by atoms with Gasteiger partial charge >= 0.3 is 12.1 Å². The van der Waals surface area contributed by atoms with Gasteiger partial charge in [-0.2, -0.15) is 0 Å². The number of benzene rings is 4. The molecule has 3 aliphatic rings. The number of ether oxygens (including phenoxy) is 7. The summed E-state index contributed by atoms with van der Waals surface area (Å²) in [4.78, 5) is 42.6. The van der Waals surface area contributed by atoms with E-state index in [-0.39, 0.29) is 31.2 Å². The molecule has 2 fully saturated rings. The second-order valence-corrected chi connectivity index (χ2v) is 17.6. The Morgan fingerprint density at radius 1 is 0.897 bits per heavy atom. The molecule has 0 unspecified atom stereocenters. The highest BCUT2D eigenvalue weighted by molar-refractivity contribution is 8.00. The maximum absolute atomic E-state index is 15.3. The number of esters is 1. The average molecular weight is 811 g/mol. The van der Waals surface area contributed by atoms with E-state index in [0.717, 1.165) is 22.4 Å². The first-order chi connectivity index (χ1) is 27.7. The van der Waals surface area contributed by atoms with Crippen LogP contribution in [0.25, 0.3) is 0 Å². The predicted molar refractivity (Wildman–Crippen MR) is 219 cm³/mol. The van der Waals surface area contributed by atoms with E-state index in [9.17, 15) is 9.59 Å². The standard InChI is InChI=1S/C45H50N2O10S/c1-29-12-17-33(18-13-29)46-39(31-14-19-34(20-15-31)51-24-38(48)57-43(2,3)4)40(41(49)47-35(23-52-42(47)50)30-10-8-7-9-11-30)58-27-45(55-25-44(5,6)26-56-45)32-16-21-36-37(22-32)54-28-53-36/h7-22,35,39-40,46H,23-28H2,1-6H3/t35-,39-,40-/m1/s1. The van der Waals surface area contributed by atoms with Gasteiger partial charge in [0.05, 0.1) is 25.0 Å². The maximum atomic E-state index is 15.3. The molecule has 0 aromatic heterocycles. The molecule has 306 valence electrons. The van der Waals surface area contributed by atoms with Crippen LogP contribution in [0.5, 0.6) is 17.2 Å². The number of cyclic esters (lactones) is 1. The monoisotopic (exact) mass is 810 g/mol. The number of rotatable bonds is 13. The second-order valence-electron chi connectivity index (χ2n) is 16.4. The summed E-state index contributed by atoms with van der Waals surface area (Å²) in [6.07, 6.45) is -0.721. The summed E-state index contributed by atoms with van der Waals surface area (Å²) in [7, 11) is 0. The molecule has 3 heterocycles. The van der Waals surface area contributed by atoms with Crippen LogP contribution in [0.3, 0.4) is 0 Å². The van der Waals surface area contributed by atoms with Crippen LogP contribution in [0.2, 0.25) is 0 Å². The van der Waals surface area contributed by atoms with E-state index in [1.54, 1.807) is 32.9 Å². The molecule has 4 aromatic carbocycles. The number of aryl methyl sites for hydroxylation is 1. The highest BCUT2D eigenvalue weighted by Crippen LogP contribution is 2.46. The van der Waals surface area contributed by atoms with Crippen molar-refractivity contribution in [1.29, 1.82) is 0 Å². The Morgan fingerprint density at radius 2 is 1.59 bits per heavy atom. The van der Waals surface area contributed by atoms with Crippen molar-refractivity contribution in [3.05, 3.63) is 119 Å². The fourth-order valence-electron chi connectivity index (χ4n) is 6.85. The van der Waals surface area contributed by atoms with Crippen molar-refractivity contribution in [3.8, 4) is 17.2 Å². The van der Waals surface area contributed by atoms with Crippen molar-refractivity contribution in [3.63, 3.8) is 0 Å². The number of nitrogens with zero attached hydrogens (tertiary/aromatic N) is 1. The largest absolute Gasteiger partial charge is 0.482 e. The Hall–Kier alpha value is -5.24. The summed E-state index contributed by atoms with van der Waals surface area (Å²) in [5.41, 5.74) is 3.14. The number of thioether (sulfide) groups is 1. The number of carbonyl (C=O) groups excluding carboxylic acids is 3. The molecular formula is C45H50N2O10S. The number of anilines is 1. The van der Waals surface area contributed by atoms with Gasteiger partial charge in [0.1, 0.15) is 29.2 Å². The number of hydrogen-bond acceptors (Lipinski definition) is 12. The fraction of sp³-hybridized carbons (Fsp3) is 0.400. The van der Waals surface area contributed by atoms with E-state index in [2.05, 4.69) is 19.2 Å². The van der Waals surface area contributed by atoms with Gasteiger partial charge < -0.3 is 38.5 Å². The lowest BCUT2D eigenvalue weighted by atomic mass is 9.93. The third-order valence-corrected chi connectivity index (χ3v) is 11.3. The van der Waals surface area contributed by atoms with Crippen molar-refractivity contribution in [2.24, 2.45) is 5.41 Å². The van der Waals surface area contributed by atoms with Gasteiger partial charge in [0.2, 0.25) is 18.5 Å². The second kappa shape index (κ2) is 16.9. The minimum atomic E-state index is -1.28. The van der Waals surface area contributed by atoms with Gasteiger partial charge in [0.15, 0.2) is 18.1 Å². The van der Waals surface area contributed by atoms with Crippen LogP contribution in [0, 0.1) is 12.3 Å². The number of carbonyl (C=O) groups is 3. The lowest BCUT2D eigenvalue weighted by molar-refractivity contribution is -0.295. The molecule has 0 bridgehead atoms. The predicted octanol–water partition coefficient (Wildman–Crippen LogP) is 8.35. The molecule has 12 nitrogen and oxygen atoms in total. The van der Waals surface area contributed by atoms with Crippen LogP contribution in [-0.2, 0) is 34.3 Å². The van der Waals surface area contributed by atoms with Gasteiger partial charge in [0.25, 0.3) is 0 Å². The minimum absolute atomic E-state index is 0.0220. The Morgan fingerprint density at radius 3 is 2.28 bits per heavy atom. The van der Waals surface area contributed by atoms with Crippen LogP contribution < -0.4 is 19.5 Å². The molecule has 2 saturated heterocycles. The molecular weight excluding hydrogens is 761 g/mol. The van der Waals surface area contributed by atoms with Gasteiger partial charge in [-0.3, -0.25) is 4.79 Å². The lowest BCUT2D eigenvalue weighted by Crippen LogP contribution is -2.49. The number of amides is 2. The zero-order chi connectivity index (χ0) is 41.1. The molecule has 7 rings (SSSR count). The Labute approximate surface area is 343 Å². The van der Waals surface area contributed by atoms with Gasteiger partial charge in [0, 0.05) is 16.7 Å². The SMILES string of the molecule is Cc1ccc(N[C@H](c2ccc(OCC(=O)OC(C)(C)C)cc2)[C@@H](SCC2(c3ccc4c(c3)OCO4)OCC(C)(C)CO2)C(=O)N2C(=O)OC[C@@H]2c2ccccc2)cc1. The maximum Gasteiger partial charge on any atom is 0.417 e. The Bertz CT molecular complexity index is 2080. The third-order valence-electron chi connectivity index (χ3n) is 9.89. The fourth-order valence-corrected chi connectivity index (χ4v) is 8.26. The molecule has 3 atom stereocenters. The highest BCUT2D eigenvalue weighted by atomic mass is 32.2. The minimum Gasteiger partial charge on any atom is -0.482 e. The summed E-state index contributed by atoms with van der Waals surface area (Å²) in [6, 6.07) is 28.7. The smallest absolute Gasteiger partial charge is 0.417 e. The molecule has 3 aliphatic heterocycles. The van der Waals surface area contributed by atoms with E-state index in [0.29, 0.717) is 36.0 Å². The lowest BCUT2D eigenvalue weighted by Gasteiger charge is -2.44. The van der Waals surface area contributed by atoms with Crippen molar-refractivity contribution in [1.82, 2.24) is 4.90 Å². The first-order valence-electron chi connectivity index (χ1n) is 19.3. The molecule has 2 amide bonds. The van der Waals surface area contributed by atoms with Crippen molar-refractivity contribution in [2.75, 3.05) is 44.3 Å². The molecule has 13 heteroatoms.